The fourth-order valence-electron chi connectivity index (χ4n) is 1.32. The van der Waals surface area contributed by atoms with Crippen molar-refractivity contribution in [1.82, 2.24) is 0 Å². The van der Waals surface area contributed by atoms with Gasteiger partial charge in [0.15, 0.2) is 0 Å². The highest BCUT2D eigenvalue weighted by Gasteiger charge is 2.28. The Bertz CT molecular complexity index is 443. The van der Waals surface area contributed by atoms with Gasteiger partial charge in [-0.2, -0.15) is 0 Å². The van der Waals surface area contributed by atoms with Crippen LogP contribution in [0, 0.1) is 5.41 Å². The second kappa shape index (κ2) is 8.53. The number of ether oxygens (including phenoxy) is 2. The van der Waals surface area contributed by atoms with E-state index in [0.717, 1.165) is 5.56 Å². The van der Waals surface area contributed by atoms with Crippen molar-refractivity contribution in [1.29, 1.82) is 5.41 Å². The second-order valence-electron chi connectivity index (χ2n) is 4.07. The molecule has 0 aliphatic carbocycles. The predicted molar refractivity (Wildman–Crippen MR) is 83.8 cm³/mol. The SMILES string of the molecule is C[C@@H](/C=C/COC(=N)C(Cl)(Cl)Cl)OCc1ccccc1. The van der Waals surface area contributed by atoms with Crippen molar-refractivity contribution in [2.45, 2.75) is 23.4 Å². The molecule has 0 aliphatic heterocycles. The molecule has 0 fully saturated rings. The second-order valence-corrected chi connectivity index (χ2v) is 6.35. The molecule has 1 aromatic rings. The maximum Gasteiger partial charge on any atom is 0.265 e. The van der Waals surface area contributed by atoms with Crippen LogP contribution in [-0.4, -0.2) is 22.4 Å². The van der Waals surface area contributed by atoms with Crippen LogP contribution in [0.15, 0.2) is 42.5 Å². The lowest BCUT2D eigenvalue weighted by Crippen LogP contribution is -2.21. The first-order valence-corrected chi connectivity index (χ1v) is 7.13. The van der Waals surface area contributed by atoms with Crippen LogP contribution in [0.2, 0.25) is 0 Å². The summed E-state index contributed by atoms with van der Waals surface area (Å²) in [5.74, 6) is -0.398. The Hall–Kier alpha value is -0.740. The summed E-state index contributed by atoms with van der Waals surface area (Å²) in [6, 6.07) is 9.90. The molecule has 0 heterocycles. The molecular weight excluding hydrogens is 321 g/mol. The quantitative estimate of drug-likeness (QED) is 0.359. The molecule has 0 saturated heterocycles. The molecular formula is C14H16Cl3NO2. The lowest BCUT2D eigenvalue weighted by Gasteiger charge is -2.12. The first kappa shape index (κ1) is 17.3. The minimum atomic E-state index is -1.82. The maximum absolute atomic E-state index is 7.34. The zero-order chi connectivity index (χ0) is 15.0. The molecule has 0 amide bonds. The van der Waals surface area contributed by atoms with E-state index in [1.807, 2.05) is 43.3 Å². The van der Waals surface area contributed by atoms with Crippen LogP contribution in [0.1, 0.15) is 12.5 Å². The number of halogens is 3. The van der Waals surface area contributed by atoms with Gasteiger partial charge in [-0.1, -0.05) is 71.2 Å². The fraction of sp³-hybridized carbons (Fsp3) is 0.357. The third kappa shape index (κ3) is 7.15. The third-order valence-electron chi connectivity index (χ3n) is 2.34. The molecule has 3 nitrogen and oxygen atoms in total. The van der Waals surface area contributed by atoms with Crippen LogP contribution in [-0.2, 0) is 16.1 Å². The zero-order valence-corrected chi connectivity index (χ0v) is 13.3. The van der Waals surface area contributed by atoms with Gasteiger partial charge in [-0.05, 0) is 18.6 Å². The highest BCUT2D eigenvalue weighted by Crippen LogP contribution is 2.27. The average Bonchev–Trinajstić information content (AvgIpc) is 2.41. The Kier molecular flexibility index (Phi) is 7.38. The molecule has 0 aliphatic rings. The van der Waals surface area contributed by atoms with Gasteiger partial charge in [0.25, 0.3) is 3.79 Å². The van der Waals surface area contributed by atoms with Crippen molar-refractivity contribution in [3.8, 4) is 0 Å². The standard InChI is InChI=1S/C14H16Cl3NO2/c1-11(20-10-12-7-3-2-4-8-12)6-5-9-19-13(18)14(15,16)17/h2-8,11,18H,9-10H2,1H3/b6-5+,18-13?/t11-/m0/s1. The van der Waals surface area contributed by atoms with Gasteiger partial charge in [0.1, 0.15) is 6.61 Å². The van der Waals surface area contributed by atoms with Gasteiger partial charge in [-0.15, -0.1) is 0 Å². The number of hydrogen-bond donors (Lipinski definition) is 1. The van der Waals surface area contributed by atoms with E-state index >= 15 is 0 Å². The Morgan fingerprint density at radius 3 is 2.55 bits per heavy atom. The van der Waals surface area contributed by atoms with Crippen LogP contribution in [0.3, 0.4) is 0 Å². The molecule has 0 aromatic heterocycles. The van der Waals surface area contributed by atoms with E-state index in [-0.39, 0.29) is 12.7 Å². The zero-order valence-electron chi connectivity index (χ0n) is 11.0. The lowest BCUT2D eigenvalue weighted by atomic mass is 10.2. The van der Waals surface area contributed by atoms with E-state index in [4.69, 9.17) is 49.7 Å². The first-order chi connectivity index (χ1) is 9.39. The Balaban J connectivity index is 2.24. The molecule has 0 unspecified atom stereocenters. The number of hydrogen-bond acceptors (Lipinski definition) is 3. The Morgan fingerprint density at radius 1 is 1.30 bits per heavy atom. The summed E-state index contributed by atoms with van der Waals surface area (Å²) in [5, 5.41) is 7.34. The monoisotopic (exact) mass is 335 g/mol. The third-order valence-corrected chi connectivity index (χ3v) is 2.86. The molecule has 1 aromatic carbocycles. The van der Waals surface area contributed by atoms with Crippen molar-refractivity contribution in [2.75, 3.05) is 6.61 Å². The van der Waals surface area contributed by atoms with Crippen LogP contribution in [0.5, 0.6) is 0 Å². The molecule has 20 heavy (non-hydrogen) atoms. The van der Waals surface area contributed by atoms with E-state index < -0.39 is 9.69 Å². The van der Waals surface area contributed by atoms with E-state index in [1.54, 1.807) is 6.08 Å². The van der Waals surface area contributed by atoms with Crippen LogP contribution < -0.4 is 0 Å². The summed E-state index contributed by atoms with van der Waals surface area (Å²) in [5.41, 5.74) is 1.11. The Morgan fingerprint density at radius 2 is 1.95 bits per heavy atom. The molecule has 110 valence electrons. The summed E-state index contributed by atoms with van der Waals surface area (Å²) < 4.78 is 8.78. The number of benzene rings is 1. The van der Waals surface area contributed by atoms with E-state index in [9.17, 15) is 0 Å². The van der Waals surface area contributed by atoms with Gasteiger partial charge in [0.05, 0.1) is 12.7 Å². The molecule has 0 spiro atoms. The van der Waals surface area contributed by atoms with Gasteiger partial charge in [-0.25, -0.2) is 0 Å². The highest BCUT2D eigenvalue weighted by molar-refractivity contribution is 6.76. The van der Waals surface area contributed by atoms with E-state index in [2.05, 4.69) is 0 Å². The van der Waals surface area contributed by atoms with Gasteiger partial charge < -0.3 is 9.47 Å². The van der Waals surface area contributed by atoms with Gasteiger partial charge in [-0.3, -0.25) is 5.41 Å². The minimum Gasteiger partial charge on any atom is -0.474 e. The van der Waals surface area contributed by atoms with E-state index in [0.29, 0.717) is 6.61 Å². The summed E-state index contributed by atoms with van der Waals surface area (Å²) in [7, 11) is 0. The summed E-state index contributed by atoms with van der Waals surface area (Å²) in [6.45, 7) is 2.61. The van der Waals surface area contributed by atoms with Crippen molar-refractivity contribution < 1.29 is 9.47 Å². The number of alkyl halides is 3. The van der Waals surface area contributed by atoms with Crippen LogP contribution in [0.25, 0.3) is 0 Å². The molecule has 6 heteroatoms. The van der Waals surface area contributed by atoms with Gasteiger partial charge in [0.2, 0.25) is 5.90 Å². The van der Waals surface area contributed by atoms with E-state index in [1.165, 1.54) is 0 Å². The molecule has 1 atom stereocenters. The molecule has 1 N–H and O–H groups in total. The van der Waals surface area contributed by atoms with Crippen molar-refractivity contribution >= 4 is 40.7 Å². The number of nitrogens with one attached hydrogen (secondary N) is 1. The fourth-order valence-corrected chi connectivity index (χ4v) is 1.48. The maximum atomic E-state index is 7.34. The lowest BCUT2D eigenvalue weighted by molar-refractivity contribution is 0.0836. The molecule has 0 saturated carbocycles. The number of rotatable bonds is 6. The predicted octanol–water partition coefficient (Wildman–Crippen LogP) is 4.51. The molecule has 0 bridgehead atoms. The normalized spacial score (nSPS) is 13.4. The summed E-state index contributed by atoms with van der Waals surface area (Å²) in [4.78, 5) is 0. The largest absolute Gasteiger partial charge is 0.474 e. The Labute approximate surface area is 133 Å². The summed E-state index contributed by atoms with van der Waals surface area (Å²) >= 11 is 16.4. The van der Waals surface area contributed by atoms with Gasteiger partial charge >= 0.3 is 0 Å². The minimum absolute atomic E-state index is 0.0687. The smallest absolute Gasteiger partial charge is 0.265 e. The van der Waals surface area contributed by atoms with Gasteiger partial charge in [0, 0.05) is 0 Å². The van der Waals surface area contributed by atoms with Crippen molar-refractivity contribution in [3.63, 3.8) is 0 Å². The van der Waals surface area contributed by atoms with Crippen LogP contribution >= 0.6 is 34.8 Å². The molecule has 0 radical (unpaired) electrons. The topological polar surface area (TPSA) is 42.3 Å². The van der Waals surface area contributed by atoms with Crippen molar-refractivity contribution in [3.05, 3.63) is 48.0 Å². The summed E-state index contributed by atoms with van der Waals surface area (Å²) in [6.07, 6.45) is 3.48. The van der Waals surface area contributed by atoms with Crippen molar-refractivity contribution in [2.24, 2.45) is 0 Å². The molecule has 1 rings (SSSR count). The highest BCUT2D eigenvalue weighted by atomic mass is 35.6. The average molecular weight is 337 g/mol. The van der Waals surface area contributed by atoms with Crippen LogP contribution in [0.4, 0.5) is 0 Å². The first-order valence-electron chi connectivity index (χ1n) is 6.00.